The lowest BCUT2D eigenvalue weighted by molar-refractivity contribution is -0.121. The molecule has 1 heterocycles. The van der Waals surface area contributed by atoms with E-state index in [1.165, 1.54) is 0 Å². The number of rotatable bonds is 3. The van der Waals surface area contributed by atoms with E-state index in [-0.39, 0.29) is 0 Å². The second-order valence-electron chi connectivity index (χ2n) is 3.38. The zero-order valence-electron chi connectivity index (χ0n) is 8.69. The molecule has 0 N–H and O–H groups in total. The second-order valence-corrected chi connectivity index (χ2v) is 3.38. The van der Waals surface area contributed by atoms with Gasteiger partial charge >= 0.3 is 0 Å². The smallest absolute Gasteiger partial charge is 0.181 e. The highest BCUT2D eigenvalue weighted by Crippen LogP contribution is 2.27. The molecule has 1 rings (SSSR count). The van der Waals surface area contributed by atoms with Crippen LogP contribution in [0.15, 0.2) is 36.1 Å². The first-order valence-corrected chi connectivity index (χ1v) is 4.86. The summed E-state index contributed by atoms with van der Waals surface area (Å²) in [5.74, 6) is 0. The first-order valence-electron chi connectivity index (χ1n) is 4.86. The molecule has 0 bridgehead atoms. The number of allylic oxidation sites excluding steroid dienone is 4. The van der Waals surface area contributed by atoms with Gasteiger partial charge in [0.05, 0.1) is 6.26 Å². The molecule has 0 amide bonds. The Balaban J connectivity index is 2.76. The molecule has 0 fully saturated rings. The van der Waals surface area contributed by atoms with Crippen LogP contribution in [0.25, 0.3) is 0 Å². The summed E-state index contributed by atoms with van der Waals surface area (Å²) in [4.78, 5) is 10.9. The molecule has 76 valence electrons. The molecule has 0 aliphatic carbocycles. The summed E-state index contributed by atoms with van der Waals surface area (Å²) in [6, 6.07) is 0. The number of hydrogen-bond acceptors (Lipinski definition) is 2. The van der Waals surface area contributed by atoms with Gasteiger partial charge < -0.3 is 4.74 Å². The first-order chi connectivity index (χ1) is 6.76. The minimum atomic E-state index is -0.722. The first kappa shape index (κ1) is 10.8. The van der Waals surface area contributed by atoms with Gasteiger partial charge in [-0.15, -0.1) is 0 Å². The predicted molar refractivity (Wildman–Crippen MR) is 56.8 cm³/mol. The highest BCUT2D eigenvalue weighted by molar-refractivity contribution is 5.66. The van der Waals surface area contributed by atoms with E-state index in [9.17, 15) is 4.79 Å². The van der Waals surface area contributed by atoms with Gasteiger partial charge in [0.15, 0.2) is 11.9 Å². The van der Waals surface area contributed by atoms with Gasteiger partial charge in [-0.25, -0.2) is 0 Å². The van der Waals surface area contributed by atoms with E-state index in [0.29, 0.717) is 0 Å². The number of ether oxygens (including phenoxy) is 1. The molecular weight excluding hydrogens is 176 g/mol. The molecule has 14 heavy (non-hydrogen) atoms. The van der Waals surface area contributed by atoms with E-state index in [1.54, 1.807) is 6.26 Å². The van der Waals surface area contributed by atoms with Crippen molar-refractivity contribution in [2.45, 2.75) is 32.3 Å². The van der Waals surface area contributed by atoms with Crippen LogP contribution in [-0.2, 0) is 9.53 Å². The van der Waals surface area contributed by atoms with Crippen molar-refractivity contribution in [2.75, 3.05) is 0 Å². The van der Waals surface area contributed by atoms with E-state index in [1.807, 2.05) is 38.2 Å². The molecule has 1 aliphatic rings. The molecule has 0 spiro atoms. The van der Waals surface area contributed by atoms with Crippen molar-refractivity contribution in [3.63, 3.8) is 0 Å². The van der Waals surface area contributed by atoms with E-state index in [0.717, 1.165) is 24.7 Å². The lowest BCUT2D eigenvalue weighted by Gasteiger charge is -2.28. The normalized spacial score (nSPS) is 27.7. The lowest BCUT2D eigenvalue weighted by Crippen LogP contribution is -2.32. The summed E-state index contributed by atoms with van der Waals surface area (Å²) in [5.41, 5.74) is 0.411. The zero-order valence-corrected chi connectivity index (χ0v) is 8.69. The highest BCUT2D eigenvalue weighted by Gasteiger charge is 2.29. The van der Waals surface area contributed by atoms with Crippen LogP contribution >= 0.6 is 0 Å². The highest BCUT2D eigenvalue weighted by atomic mass is 16.5. The van der Waals surface area contributed by atoms with E-state index in [4.69, 9.17) is 4.74 Å². The van der Waals surface area contributed by atoms with Crippen molar-refractivity contribution in [1.29, 1.82) is 0 Å². The summed E-state index contributed by atoms with van der Waals surface area (Å²) >= 11 is 0. The van der Waals surface area contributed by atoms with Crippen LogP contribution in [0.1, 0.15) is 26.7 Å². The Bertz CT molecular complexity index is 287. The number of aldehydes is 1. The summed E-state index contributed by atoms with van der Waals surface area (Å²) in [7, 11) is 0. The van der Waals surface area contributed by atoms with Gasteiger partial charge in [-0.2, -0.15) is 0 Å². The van der Waals surface area contributed by atoms with Crippen LogP contribution in [0, 0.1) is 0 Å². The number of carbonyl (C=O) groups is 1. The summed E-state index contributed by atoms with van der Waals surface area (Å²) in [6.45, 7) is 3.86. The van der Waals surface area contributed by atoms with Crippen molar-refractivity contribution >= 4 is 6.29 Å². The number of hydrogen-bond donors (Lipinski definition) is 0. The van der Waals surface area contributed by atoms with Crippen LogP contribution in [0.2, 0.25) is 0 Å². The van der Waals surface area contributed by atoms with Gasteiger partial charge in [0, 0.05) is 6.42 Å². The second kappa shape index (κ2) is 4.80. The average molecular weight is 192 g/mol. The van der Waals surface area contributed by atoms with Gasteiger partial charge in [0.25, 0.3) is 0 Å². The van der Waals surface area contributed by atoms with Gasteiger partial charge in [-0.05, 0) is 31.9 Å². The predicted octanol–water partition coefficient (Wildman–Crippen LogP) is 2.77. The molecule has 0 radical (unpaired) electrons. The molecule has 0 saturated heterocycles. The van der Waals surface area contributed by atoms with Gasteiger partial charge in [0.1, 0.15) is 0 Å². The zero-order chi connectivity index (χ0) is 10.4. The van der Waals surface area contributed by atoms with E-state index in [2.05, 4.69) is 0 Å². The summed E-state index contributed by atoms with van der Waals surface area (Å²) < 4.78 is 5.45. The molecule has 0 saturated carbocycles. The van der Waals surface area contributed by atoms with Gasteiger partial charge in [-0.3, -0.25) is 4.79 Å². The number of carbonyl (C=O) groups excluding carboxylic acids is 1. The maximum absolute atomic E-state index is 10.9. The molecular formula is C12H16O2. The molecule has 1 unspecified atom stereocenters. The topological polar surface area (TPSA) is 26.3 Å². The van der Waals surface area contributed by atoms with Gasteiger partial charge in [-0.1, -0.05) is 18.2 Å². The van der Waals surface area contributed by atoms with E-state index < -0.39 is 5.60 Å². The Labute approximate surface area is 85.0 Å². The third-order valence-electron chi connectivity index (χ3n) is 2.26. The minimum Gasteiger partial charge on any atom is -0.483 e. The maximum Gasteiger partial charge on any atom is 0.181 e. The summed E-state index contributed by atoms with van der Waals surface area (Å²) in [5, 5.41) is 0. The molecule has 2 heteroatoms. The Hall–Kier alpha value is -1.31. The molecule has 0 aromatic heterocycles. The largest absolute Gasteiger partial charge is 0.483 e. The van der Waals surface area contributed by atoms with Crippen LogP contribution in [0.4, 0.5) is 0 Å². The fourth-order valence-electron chi connectivity index (χ4n) is 1.51. The Morgan fingerprint density at radius 1 is 1.43 bits per heavy atom. The molecule has 1 atom stereocenters. The quantitative estimate of drug-likeness (QED) is 0.507. The Morgan fingerprint density at radius 3 is 2.64 bits per heavy atom. The maximum atomic E-state index is 10.9. The van der Waals surface area contributed by atoms with Crippen LogP contribution in [0.3, 0.4) is 0 Å². The molecule has 1 aliphatic heterocycles. The third kappa shape index (κ3) is 2.34. The van der Waals surface area contributed by atoms with Crippen molar-refractivity contribution in [1.82, 2.24) is 0 Å². The lowest BCUT2D eigenvalue weighted by atomic mass is 9.93. The van der Waals surface area contributed by atoms with Crippen molar-refractivity contribution in [3.8, 4) is 0 Å². The minimum absolute atomic E-state index is 0.719. The standard InChI is InChI=1S/C12H16O2/c1-3-5-11-6-8-12(10-13,7-4-2)14-9-11/h3-5,7,9-10H,6,8H2,1-2H3. The fourth-order valence-corrected chi connectivity index (χ4v) is 1.51. The van der Waals surface area contributed by atoms with Crippen molar-refractivity contribution in [2.24, 2.45) is 0 Å². The van der Waals surface area contributed by atoms with Crippen molar-refractivity contribution < 1.29 is 9.53 Å². The third-order valence-corrected chi connectivity index (χ3v) is 2.26. The van der Waals surface area contributed by atoms with Gasteiger partial charge in [0.2, 0.25) is 0 Å². The van der Waals surface area contributed by atoms with Crippen LogP contribution < -0.4 is 0 Å². The average Bonchev–Trinajstić information content (AvgIpc) is 2.22. The van der Waals surface area contributed by atoms with Crippen LogP contribution in [-0.4, -0.2) is 11.9 Å². The van der Waals surface area contributed by atoms with E-state index >= 15 is 0 Å². The molecule has 2 nitrogen and oxygen atoms in total. The Morgan fingerprint density at radius 2 is 2.21 bits per heavy atom. The fraction of sp³-hybridized carbons (Fsp3) is 0.417. The summed E-state index contributed by atoms with van der Waals surface area (Å²) in [6.07, 6.45) is 11.8. The SMILES string of the molecule is CC=CC1=COC(C=O)(C=CC)CC1. The molecule has 0 aromatic rings. The van der Waals surface area contributed by atoms with Crippen LogP contribution in [0.5, 0.6) is 0 Å². The molecule has 0 aromatic carbocycles. The van der Waals surface area contributed by atoms with Crippen molar-refractivity contribution in [3.05, 3.63) is 36.1 Å². The Kier molecular flexibility index (Phi) is 3.69. The monoisotopic (exact) mass is 192 g/mol.